The lowest BCUT2D eigenvalue weighted by Gasteiger charge is -2.13. The largest absolute Gasteiger partial charge is 0.325 e. The predicted octanol–water partition coefficient (Wildman–Crippen LogP) is 3.43. The fourth-order valence-corrected chi connectivity index (χ4v) is 3.94. The summed E-state index contributed by atoms with van der Waals surface area (Å²) in [5.74, 6) is -1.28. The molecule has 2 N–H and O–H groups in total. The van der Waals surface area contributed by atoms with Crippen molar-refractivity contribution in [2.75, 3.05) is 22.1 Å². The number of hydrogen-bond acceptors (Lipinski definition) is 4. The Morgan fingerprint density at radius 3 is 2.41 bits per heavy atom. The molecule has 7 heteroatoms. The van der Waals surface area contributed by atoms with E-state index in [1.807, 2.05) is 56.3 Å². The quantitative estimate of drug-likeness (QED) is 0.626. The number of pyridine rings is 1. The summed E-state index contributed by atoms with van der Waals surface area (Å²) in [7, 11) is -1.62. The summed E-state index contributed by atoms with van der Waals surface area (Å²) < 4.78 is 12.3. The maximum Gasteiger partial charge on any atom is 0.237 e. The first kappa shape index (κ1) is 20.7. The molecule has 6 nitrogen and oxygen atoms in total. The predicted molar refractivity (Wildman–Crippen MR) is 117 cm³/mol. The van der Waals surface area contributed by atoms with Gasteiger partial charge in [-0.3, -0.25) is 18.8 Å². The smallest absolute Gasteiger partial charge is 0.237 e. The Morgan fingerprint density at radius 1 is 0.966 bits per heavy atom. The molecule has 3 rings (SSSR count). The molecule has 1 aromatic heterocycles. The van der Waals surface area contributed by atoms with Gasteiger partial charge in [0.2, 0.25) is 11.8 Å². The van der Waals surface area contributed by atoms with Crippen LogP contribution in [0.3, 0.4) is 0 Å². The van der Waals surface area contributed by atoms with Gasteiger partial charge in [-0.05, 0) is 36.6 Å². The fourth-order valence-electron chi connectivity index (χ4n) is 3.11. The van der Waals surface area contributed by atoms with Crippen LogP contribution in [0.4, 0.5) is 11.4 Å². The molecular weight excluding hydrogens is 386 g/mol. The summed E-state index contributed by atoms with van der Waals surface area (Å²) in [4.78, 5) is 28.9. The molecule has 0 saturated carbocycles. The third-order valence-corrected chi connectivity index (χ3v) is 5.66. The second-order valence-electron chi connectivity index (χ2n) is 6.67. The molecule has 150 valence electrons. The molecule has 0 aliphatic heterocycles. The van der Waals surface area contributed by atoms with Gasteiger partial charge in [-0.1, -0.05) is 43.3 Å². The average Bonchev–Trinajstić information content (AvgIpc) is 2.69. The number of hydrogen-bond donors (Lipinski definition) is 2. The Balaban J connectivity index is 1.59. The first-order chi connectivity index (χ1) is 14.0. The minimum Gasteiger partial charge on any atom is -0.325 e. The molecule has 0 aliphatic carbocycles. The number of benzene rings is 2. The number of fused-ring (bicyclic) bond motifs is 1. The Kier molecular flexibility index (Phi) is 6.72. The fraction of sp³-hybridized carbons (Fsp3) is 0.227. The Labute approximate surface area is 172 Å². The van der Waals surface area contributed by atoms with Crippen LogP contribution in [-0.4, -0.2) is 32.5 Å². The molecule has 0 saturated heterocycles. The third-order valence-electron chi connectivity index (χ3n) is 4.50. The summed E-state index contributed by atoms with van der Waals surface area (Å²) in [5, 5.41) is 6.47. The van der Waals surface area contributed by atoms with Crippen molar-refractivity contribution >= 4 is 44.9 Å². The van der Waals surface area contributed by atoms with E-state index < -0.39 is 16.7 Å². The van der Waals surface area contributed by atoms with Gasteiger partial charge in [0.15, 0.2) is 0 Å². The van der Waals surface area contributed by atoms with Crippen molar-refractivity contribution in [3.63, 3.8) is 0 Å². The van der Waals surface area contributed by atoms with E-state index in [1.165, 1.54) is 0 Å². The number of aromatic nitrogens is 1. The van der Waals surface area contributed by atoms with E-state index in [4.69, 9.17) is 0 Å². The highest BCUT2D eigenvalue weighted by Gasteiger charge is 2.15. The van der Waals surface area contributed by atoms with Gasteiger partial charge in [0.05, 0.1) is 11.2 Å². The maximum atomic E-state index is 12.3. The van der Waals surface area contributed by atoms with E-state index in [-0.39, 0.29) is 17.4 Å². The second-order valence-corrected chi connectivity index (χ2v) is 8.13. The van der Waals surface area contributed by atoms with Crippen molar-refractivity contribution in [1.82, 2.24) is 4.98 Å². The average molecular weight is 410 g/mol. The van der Waals surface area contributed by atoms with Crippen molar-refractivity contribution in [3.8, 4) is 0 Å². The number of aryl methyl sites for hydroxylation is 2. The standard InChI is InChI=1S/C22H23N3O3S/c1-3-16-8-4-7-15(2)21(16)25-20(27)14-29(28)13-19(26)24-18-11-5-9-17-10-6-12-23-22(17)18/h4-12H,3,13-14H2,1-2H3,(H,24,26)(H,25,27). The van der Waals surface area contributed by atoms with Crippen molar-refractivity contribution in [2.45, 2.75) is 20.3 Å². The van der Waals surface area contributed by atoms with Crippen molar-refractivity contribution in [3.05, 3.63) is 65.9 Å². The van der Waals surface area contributed by atoms with Gasteiger partial charge < -0.3 is 10.6 Å². The second kappa shape index (κ2) is 9.43. The van der Waals surface area contributed by atoms with E-state index in [9.17, 15) is 13.8 Å². The number of anilines is 2. The summed E-state index contributed by atoms with van der Waals surface area (Å²) in [6.07, 6.45) is 2.43. The zero-order chi connectivity index (χ0) is 20.8. The normalized spacial score (nSPS) is 11.8. The zero-order valence-corrected chi connectivity index (χ0v) is 17.2. The molecule has 29 heavy (non-hydrogen) atoms. The molecule has 0 aliphatic rings. The van der Waals surface area contributed by atoms with E-state index in [2.05, 4.69) is 15.6 Å². The molecule has 1 atom stereocenters. The minimum atomic E-state index is -1.62. The van der Waals surface area contributed by atoms with E-state index >= 15 is 0 Å². The molecule has 2 aromatic carbocycles. The maximum absolute atomic E-state index is 12.3. The van der Waals surface area contributed by atoms with Gasteiger partial charge in [-0.15, -0.1) is 0 Å². The molecular formula is C22H23N3O3S. The molecule has 0 spiro atoms. The van der Waals surface area contributed by atoms with Gasteiger partial charge in [0, 0.05) is 28.1 Å². The van der Waals surface area contributed by atoms with Crippen LogP contribution in [-0.2, 0) is 26.8 Å². The molecule has 3 aromatic rings. The Bertz CT molecular complexity index is 1080. The van der Waals surface area contributed by atoms with Crippen LogP contribution < -0.4 is 10.6 Å². The minimum absolute atomic E-state index is 0.237. The van der Waals surface area contributed by atoms with Crippen molar-refractivity contribution in [1.29, 1.82) is 0 Å². The number of carbonyl (C=O) groups is 2. The first-order valence-corrected chi connectivity index (χ1v) is 10.8. The zero-order valence-electron chi connectivity index (χ0n) is 16.4. The van der Waals surface area contributed by atoms with E-state index in [0.717, 1.165) is 28.6 Å². The summed E-state index contributed by atoms with van der Waals surface area (Å²) in [6.45, 7) is 3.92. The highest BCUT2D eigenvalue weighted by Crippen LogP contribution is 2.22. The monoisotopic (exact) mass is 409 g/mol. The van der Waals surface area contributed by atoms with Crippen LogP contribution in [0.2, 0.25) is 0 Å². The number of nitrogens with zero attached hydrogens (tertiary/aromatic N) is 1. The van der Waals surface area contributed by atoms with Gasteiger partial charge in [0.25, 0.3) is 0 Å². The first-order valence-electron chi connectivity index (χ1n) is 9.35. The lowest BCUT2D eigenvalue weighted by Crippen LogP contribution is -2.26. The summed E-state index contributed by atoms with van der Waals surface area (Å²) in [5.41, 5.74) is 3.94. The molecule has 0 fully saturated rings. The van der Waals surface area contributed by atoms with Gasteiger partial charge in [-0.2, -0.15) is 0 Å². The van der Waals surface area contributed by atoms with Crippen LogP contribution in [0.5, 0.6) is 0 Å². The van der Waals surface area contributed by atoms with Crippen LogP contribution in [0.25, 0.3) is 10.9 Å². The number of carbonyl (C=O) groups excluding carboxylic acids is 2. The molecule has 2 amide bonds. The Morgan fingerprint density at radius 2 is 1.66 bits per heavy atom. The number of amides is 2. The van der Waals surface area contributed by atoms with Crippen molar-refractivity contribution in [2.24, 2.45) is 0 Å². The lowest BCUT2D eigenvalue weighted by atomic mass is 10.1. The van der Waals surface area contributed by atoms with E-state index in [1.54, 1.807) is 12.3 Å². The van der Waals surface area contributed by atoms with Crippen LogP contribution in [0, 0.1) is 6.92 Å². The van der Waals surface area contributed by atoms with Crippen LogP contribution in [0.1, 0.15) is 18.1 Å². The topological polar surface area (TPSA) is 88.2 Å². The molecule has 0 bridgehead atoms. The molecule has 0 radical (unpaired) electrons. The number of nitrogens with one attached hydrogen (secondary N) is 2. The SMILES string of the molecule is CCc1cccc(C)c1NC(=O)CS(=O)CC(=O)Nc1cccc2cccnc12. The van der Waals surface area contributed by atoms with Crippen LogP contribution >= 0.6 is 0 Å². The highest BCUT2D eigenvalue weighted by molar-refractivity contribution is 7.86. The highest BCUT2D eigenvalue weighted by atomic mass is 32.2. The van der Waals surface area contributed by atoms with Gasteiger partial charge in [-0.25, -0.2) is 0 Å². The Hall–Kier alpha value is -3.06. The summed E-state index contributed by atoms with van der Waals surface area (Å²) in [6, 6.07) is 15.0. The van der Waals surface area contributed by atoms with Gasteiger partial charge >= 0.3 is 0 Å². The molecule has 1 unspecified atom stereocenters. The van der Waals surface area contributed by atoms with E-state index in [0.29, 0.717) is 11.2 Å². The third kappa shape index (κ3) is 5.26. The lowest BCUT2D eigenvalue weighted by molar-refractivity contribution is -0.114. The number of rotatable bonds is 7. The van der Waals surface area contributed by atoms with Gasteiger partial charge in [0.1, 0.15) is 11.5 Å². The van der Waals surface area contributed by atoms with Crippen LogP contribution in [0.15, 0.2) is 54.7 Å². The number of para-hydroxylation sites is 2. The molecule has 1 heterocycles. The van der Waals surface area contributed by atoms with Crippen molar-refractivity contribution < 1.29 is 13.8 Å². The summed E-state index contributed by atoms with van der Waals surface area (Å²) >= 11 is 0.